The van der Waals surface area contributed by atoms with Gasteiger partial charge in [-0.3, -0.25) is 4.79 Å². The summed E-state index contributed by atoms with van der Waals surface area (Å²) in [5, 5.41) is 7.80. The third-order valence-corrected chi connectivity index (χ3v) is 1.73. The normalized spacial score (nSPS) is 12.8. The van der Waals surface area contributed by atoms with Gasteiger partial charge in [-0.15, -0.1) is 0 Å². The van der Waals surface area contributed by atoms with Gasteiger partial charge in [0.05, 0.1) is 13.2 Å². The van der Waals surface area contributed by atoms with Crippen LogP contribution in [0.3, 0.4) is 0 Å². The minimum absolute atomic E-state index is 0.407. The van der Waals surface area contributed by atoms with E-state index >= 15 is 0 Å². The number of aliphatic carboxylic acids is 1. The van der Waals surface area contributed by atoms with Crippen LogP contribution in [0.1, 0.15) is 6.42 Å². The molecule has 0 aromatic carbocycles. The number of carboxylic acid groups (broad SMARTS) is 1. The third-order valence-electron chi connectivity index (χ3n) is 1.25. The van der Waals surface area contributed by atoms with E-state index < -0.39 is 11.2 Å². The fourth-order valence-electron chi connectivity index (χ4n) is 0.563. The van der Waals surface area contributed by atoms with Crippen molar-refractivity contribution in [2.45, 2.75) is 11.7 Å². The molecule has 1 unspecified atom stereocenters. The zero-order chi connectivity index (χ0) is 9.40. The highest BCUT2D eigenvalue weighted by molar-refractivity contribution is 7.81. The zero-order valence-corrected chi connectivity index (χ0v) is 7.92. The van der Waals surface area contributed by atoms with Crippen molar-refractivity contribution < 1.29 is 19.4 Å². The van der Waals surface area contributed by atoms with Crippen LogP contribution in [-0.4, -0.2) is 43.3 Å². The molecule has 0 spiro atoms. The molecule has 4 nitrogen and oxygen atoms in total. The van der Waals surface area contributed by atoms with Gasteiger partial charge in [0.1, 0.15) is 5.25 Å². The Morgan fingerprint density at radius 3 is 2.67 bits per heavy atom. The molecule has 72 valence electrons. The molecule has 1 atom stereocenters. The Balaban J connectivity index is 3.14. The van der Waals surface area contributed by atoms with Crippen LogP contribution in [0.4, 0.5) is 0 Å². The topological polar surface area (TPSA) is 55.8 Å². The molecule has 0 fully saturated rings. The van der Waals surface area contributed by atoms with Crippen LogP contribution in [0, 0.1) is 0 Å². The maximum atomic E-state index is 10.3. The van der Waals surface area contributed by atoms with Gasteiger partial charge in [-0.1, -0.05) is 0 Å². The van der Waals surface area contributed by atoms with Crippen molar-refractivity contribution >= 4 is 18.6 Å². The van der Waals surface area contributed by atoms with Crippen LogP contribution in [0.5, 0.6) is 0 Å². The molecule has 12 heavy (non-hydrogen) atoms. The number of hydrogen-bond acceptors (Lipinski definition) is 4. The van der Waals surface area contributed by atoms with E-state index in [2.05, 4.69) is 12.6 Å². The maximum Gasteiger partial charge on any atom is 0.316 e. The summed E-state index contributed by atoms with van der Waals surface area (Å²) in [4.78, 5) is 10.3. The van der Waals surface area contributed by atoms with Crippen molar-refractivity contribution in [3.8, 4) is 0 Å². The number of methoxy groups -OCH3 is 1. The van der Waals surface area contributed by atoms with Crippen molar-refractivity contribution in [1.82, 2.24) is 0 Å². The lowest BCUT2D eigenvalue weighted by molar-refractivity contribution is -0.136. The van der Waals surface area contributed by atoms with Crippen LogP contribution < -0.4 is 0 Å². The molecule has 0 aliphatic carbocycles. The van der Waals surface area contributed by atoms with Crippen molar-refractivity contribution in [2.75, 3.05) is 26.9 Å². The van der Waals surface area contributed by atoms with E-state index in [9.17, 15) is 4.79 Å². The van der Waals surface area contributed by atoms with Gasteiger partial charge in [0.15, 0.2) is 0 Å². The highest BCUT2D eigenvalue weighted by atomic mass is 32.1. The van der Waals surface area contributed by atoms with E-state index in [0.717, 1.165) is 0 Å². The molecule has 0 aromatic rings. The number of carboxylic acids is 1. The average Bonchev–Trinajstić information content (AvgIpc) is 2.03. The van der Waals surface area contributed by atoms with E-state index in [0.29, 0.717) is 26.2 Å². The number of hydrogen-bond donors (Lipinski definition) is 2. The second-order valence-electron chi connectivity index (χ2n) is 2.25. The highest BCUT2D eigenvalue weighted by Gasteiger charge is 2.10. The minimum atomic E-state index is -0.909. The summed E-state index contributed by atoms with van der Waals surface area (Å²) in [6.45, 7) is 1.44. The predicted octanol–water partition coefficient (Wildman–Crippen LogP) is 0.422. The first-order valence-corrected chi connectivity index (χ1v) is 4.17. The van der Waals surface area contributed by atoms with Crippen LogP contribution in [-0.2, 0) is 14.3 Å². The SMILES string of the molecule is COCCOCCC(S)C(=O)O. The molecule has 0 bridgehead atoms. The van der Waals surface area contributed by atoms with E-state index in [4.69, 9.17) is 14.6 Å². The van der Waals surface area contributed by atoms with Crippen molar-refractivity contribution in [3.63, 3.8) is 0 Å². The lowest BCUT2D eigenvalue weighted by Crippen LogP contribution is -2.16. The molecule has 0 rings (SSSR count). The van der Waals surface area contributed by atoms with E-state index in [1.165, 1.54) is 0 Å². The summed E-state index contributed by atoms with van der Waals surface area (Å²) < 4.78 is 9.79. The Labute approximate surface area is 77.3 Å². The van der Waals surface area contributed by atoms with Crippen LogP contribution in [0.25, 0.3) is 0 Å². The van der Waals surface area contributed by atoms with Crippen LogP contribution >= 0.6 is 12.6 Å². The monoisotopic (exact) mass is 194 g/mol. The standard InChI is InChI=1S/C7H14O4S/c1-10-4-5-11-3-2-6(12)7(8)9/h6,12H,2-5H2,1H3,(H,8,9). The molecule has 0 aromatic heterocycles. The lowest BCUT2D eigenvalue weighted by atomic mass is 10.3. The second-order valence-corrected chi connectivity index (χ2v) is 2.87. The molecule has 0 heterocycles. The van der Waals surface area contributed by atoms with E-state index in [-0.39, 0.29) is 0 Å². The minimum Gasteiger partial charge on any atom is -0.480 e. The fourth-order valence-corrected chi connectivity index (χ4v) is 0.668. The van der Waals surface area contributed by atoms with E-state index in [1.807, 2.05) is 0 Å². The second kappa shape index (κ2) is 7.39. The van der Waals surface area contributed by atoms with Gasteiger partial charge >= 0.3 is 5.97 Å². The first-order chi connectivity index (χ1) is 5.68. The van der Waals surface area contributed by atoms with Gasteiger partial charge in [-0.05, 0) is 6.42 Å². The Morgan fingerprint density at radius 2 is 2.17 bits per heavy atom. The molecule has 0 aliphatic rings. The first-order valence-electron chi connectivity index (χ1n) is 3.66. The largest absolute Gasteiger partial charge is 0.480 e. The summed E-state index contributed by atoms with van der Waals surface area (Å²) in [6.07, 6.45) is 0.419. The Kier molecular flexibility index (Phi) is 7.23. The third kappa shape index (κ3) is 6.45. The van der Waals surface area contributed by atoms with Gasteiger partial charge < -0.3 is 14.6 Å². The molecular formula is C7H14O4S. The van der Waals surface area contributed by atoms with E-state index in [1.54, 1.807) is 7.11 Å². The van der Waals surface area contributed by atoms with Crippen molar-refractivity contribution in [1.29, 1.82) is 0 Å². The van der Waals surface area contributed by atoms with Gasteiger partial charge in [0.2, 0.25) is 0 Å². The van der Waals surface area contributed by atoms with Gasteiger partial charge in [-0.2, -0.15) is 12.6 Å². The molecule has 0 aliphatic heterocycles. The Morgan fingerprint density at radius 1 is 1.50 bits per heavy atom. The average molecular weight is 194 g/mol. The molecular weight excluding hydrogens is 180 g/mol. The number of carbonyl (C=O) groups is 1. The van der Waals surface area contributed by atoms with Gasteiger partial charge in [0.25, 0.3) is 0 Å². The quantitative estimate of drug-likeness (QED) is 0.455. The Bertz CT molecular complexity index is 129. The van der Waals surface area contributed by atoms with Crippen LogP contribution in [0.15, 0.2) is 0 Å². The van der Waals surface area contributed by atoms with Crippen molar-refractivity contribution in [2.24, 2.45) is 0 Å². The summed E-state index contributed by atoms with van der Waals surface area (Å²) >= 11 is 3.84. The summed E-state index contributed by atoms with van der Waals surface area (Å²) in [6, 6.07) is 0. The molecule has 5 heteroatoms. The number of thiol groups is 1. The van der Waals surface area contributed by atoms with Crippen molar-refractivity contribution in [3.05, 3.63) is 0 Å². The molecule has 1 N–H and O–H groups in total. The molecule has 0 saturated carbocycles. The van der Waals surface area contributed by atoms with Gasteiger partial charge in [-0.25, -0.2) is 0 Å². The van der Waals surface area contributed by atoms with Gasteiger partial charge in [0, 0.05) is 13.7 Å². The maximum absolute atomic E-state index is 10.3. The summed E-state index contributed by atoms with van der Waals surface area (Å²) in [5.41, 5.74) is 0. The fraction of sp³-hybridized carbons (Fsp3) is 0.857. The lowest BCUT2D eigenvalue weighted by Gasteiger charge is -2.05. The number of ether oxygens (including phenoxy) is 2. The summed E-state index contributed by atoms with van der Waals surface area (Å²) in [5.74, 6) is -0.909. The predicted molar refractivity (Wildman–Crippen MR) is 47.7 cm³/mol. The first kappa shape index (κ1) is 11.7. The Hall–Kier alpha value is -0.260. The molecule has 0 amide bonds. The highest BCUT2D eigenvalue weighted by Crippen LogP contribution is 2.00. The zero-order valence-electron chi connectivity index (χ0n) is 7.02. The van der Waals surface area contributed by atoms with Crippen LogP contribution in [0.2, 0.25) is 0 Å². The number of rotatable bonds is 7. The smallest absolute Gasteiger partial charge is 0.316 e. The molecule has 0 saturated heterocycles. The summed E-state index contributed by atoms with van der Waals surface area (Å²) in [7, 11) is 1.59. The molecule has 0 radical (unpaired) electrons.